The summed E-state index contributed by atoms with van der Waals surface area (Å²) in [5.74, 6) is 0. The summed E-state index contributed by atoms with van der Waals surface area (Å²) >= 11 is 0. The smallest absolute Gasteiger partial charge is 0.112 e. The highest BCUT2D eigenvalue weighted by molar-refractivity contribution is 5.51. The van der Waals surface area contributed by atoms with Gasteiger partial charge < -0.3 is 10.0 Å². The summed E-state index contributed by atoms with van der Waals surface area (Å²) < 4.78 is 1.87. The highest BCUT2D eigenvalue weighted by atomic mass is 16.3. The van der Waals surface area contributed by atoms with Crippen molar-refractivity contribution in [3.8, 4) is 5.69 Å². The predicted octanol–water partition coefficient (Wildman–Crippen LogP) is 2.70. The fourth-order valence-electron chi connectivity index (χ4n) is 3.04. The van der Waals surface area contributed by atoms with Crippen LogP contribution in [0.3, 0.4) is 0 Å². The first-order valence-corrected chi connectivity index (χ1v) is 8.23. The van der Waals surface area contributed by atoms with Crippen LogP contribution in [0.4, 0.5) is 5.69 Å². The summed E-state index contributed by atoms with van der Waals surface area (Å²) in [6.07, 6.45) is 5.65. The van der Waals surface area contributed by atoms with Crippen LogP contribution in [0.5, 0.6) is 0 Å². The average molecular weight is 300 g/mol. The largest absolute Gasteiger partial charge is 0.390 e. The predicted molar refractivity (Wildman–Crippen MR) is 87.3 cm³/mol. The molecule has 5 heteroatoms. The van der Waals surface area contributed by atoms with Gasteiger partial charge in [-0.2, -0.15) is 0 Å². The van der Waals surface area contributed by atoms with Gasteiger partial charge in [-0.25, -0.2) is 4.68 Å². The van der Waals surface area contributed by atoms with Crippen LogP contribution in [-0.2, 0) is 13.0 Å². The van der Waals surface area contributed by atoms with Gasteiger partial charge in [-0.1, -0.05) is 18.6 Å². The summed E-state index contributed by atoms with van der Waals surface area (Å²) in [7, 11) is 0. The van der Waals surface area contributed by atoms with Gasteiger partial charge in [-0.05, 0) is 49.9 Å². The van der Waals surface area contributed by atoms with E-state index >= 15 is 0 Å². The second-order valence-electron chi connectivity index (χ2n) is 5.87. The van der Waals surface area contributed by atoms with E-state index in [1.807, 2.05) is 4.68 Å². The van der Waals surface area contributed by atoms with E-state index in [9.17, 15) is 5.11 Å². The Labute approximate surface area is 131 Å². The highest BCUT2D eigenvalue weighted by Crippen LogP contribution is 2.23. The molecule has 22 heavy (non-hydrogen) atoms. The maximum atomic E-state index is 9.44. The van der Waals surface area contributed by atoms with Crippen LogP contribution in [0.15, 0.2) is 24.3 Å². The number of unbranched alkanes of at least 4 members (excludes halogenated alkanes) is 1. The molecule has 3 rings (SSSR count). The molecule has 1 aliphatic heterocycles. The maximum Gasteiger partial charge on any atom is 0.112 e. The molecule has 0 aliphatic carbocycles. The van der Waals surface area contributed by atoms with Crippen molar-refractivity contribution < 1.29 is 5.11 Å². The fourth-order valence-corrected chi connectivity index (χ4v) is 3.04. The van der Waals surface area contributed by atoms with Gasteiger partial charge in [0.25, 0.3) is 0 Å². The zero-order valence-corrected chi connectivity index (χ0v) is 13.2. The number of anilines is 1. The Balaban J connectivity index is 1.85. The molecule has 1 aromatic carbocycles. The number of nitrogens with zero attached hydrogens (tertiary/aromatic N) is 4. The molecule has 2 heterocycles. The first kappa shape index (κ1) is 15.0. The van der Waals surface area contributed by atoms with E-state index in [0.717, 1.165) is 43.7 Å². The second-order valence-corrected chi connectivity index (χ2v) is 5.87. The molecule has 2 aromatic rings. The van der Waals surface area contributed by atoms with Gasteiger partial charge in [0.1, 0.15) is 5.69 Å². The van der Waals surface area contributed by atoms with Crippen molar-refractivity contribution in [2.75, 3.05) is 18.0 Å². The van der Waals surface area contributed by atoms with Crippen LogP contribution in [0, 0.1) is 0 Å². The third kappa shape index (κ3) is 2.99. The molecule has 1 saturated heterocycles. The maximum absolute atomic E-state index is 9.44. The lowest BCUT2D eigenvalue weighted by molar-refractivity contribution is 0.275. The summed E-state index contributed by atoms with van der Waals surface area (Å²) in [6.45, 7) is 4.42. The van der Waals surface area contributed by atoms with Crippen LogP contribution in [-0.4, -0.2) is 33.2 Å². The van der Waals surface area contributed by atoms with Gasteiger partial charge in [0, 0.05) is 18.8 Å². The Morgan fingerprint density at radius 2 is 1.77 bits per heavy atom. The molecule has 0 amide bonds. The zero-order valence-electron chi connectivity index (χ0n) is 13.2. The highest BCUT2D eigenvalue weighted by Gasteiger charge is 2.15. The summed E-state index contributed by atoms with van der Waals surface area (Å²) in [5.41, 5.74) is 4.01. The van der Waals surface area contributed by atoms with Gasteiger partial charge in [-0.3, -0.25) is 0 Å². The van der Waals surface area contributed by atoms with Crippen molar-refractivity contribution in [2.24, 2.45) is 0 Å². The standard InChI is InChI=1S/C17H24N4O/c1-2-3-6-17-16(13-22)18-19-21(17)15-9-7-14(8-10-15)20-11-4-5-12-20/h7-10,22H,2-6,11-13H2,1H3. The third-order valence-electron chi connectivity index (χ3n) is 4.33. The lowest BCUT2D eigenvalue weighted by Gasteiger charge is -2.18. The fraction of sp³-hybridized carbons (Fsp3) is 0.529. The summed E-state index contributed by atoms with van der Waals surface area (Å²) in [4.78, 5) is 2.42. The molecule has 0 spiro atoms. The first-order chi connectivity index (χ1) is 10.8. The van der Waals surface area contributed by atoms with Crippen molar-refractivity contribution in [1.82, 2.24) is 15.0 Å². The van der Waals surface area contributed by atoms with E-state index in [1.165, 1.54) is 18.5 Å². The Hall–Kier alpha value is -1.88. The number of aliphatic hydroxyl groups is 1. The van der Waals surface area contributed by atoms with Crippen molar-refractivity contribution in [1.29, 1.82) is 0 Å². The average Bonchev–Trinajstić information content (AvgIpc) is 3.22. The Kier molecular flexibility index (Phi) is 4.73. The molecule has 0 atom stereocenters. The molecule has 0 saturated carbocycles. The normalized spacial score (nSPS) is 14.7. The molecule has 0 unspecified atom stereocenters. The van der Waals surface area contributed by atoms with Crippen molar-refractivity contribution in [3.63, 3.8) is 0 Å². The monoisotopic (exact) mass is 300 g/mol. The van der Waals surface area contributed by atoms with Crippen molar-refractivity contribution in [3.05, 3.63) is 35.7 Å². The topological polar surface area (TPSA) is 54.2 Å². The van der Waals surface area contributed by atoms with Crippen LogP contribution in [0.1, 0.15) is 44.0 Å². The van der Waals surface area contributed by atoms with E-state index < -0.39 is 0 Å². The number of hydrogen-bond acceptors (Lipinski definition) is 4. The molecule has 1 N–H and O–H groups in total. The van der Waals surface area contributed by atoms with Crippen LogP contribution in [0.25, 0.3) is 5.69 Å². The molecule has 1 fully saturated rings. The summed E-state index contributed by atoms with van der Waals surface area (Å²) in [5, 5.41) is 17.8. The zero-order chi connectivity index (χ0) is 15.4. The van der Waals surface area contributed by atoms with Crippen molar-refractivity contribution in [2.45, 2.75) is 45.6 Å². The first-order valence-electron chi connectivity index (χ1n) is 8.23. The molecular weight excluding hydrogens is 276 g/mol. The van der Waals surface area contributed by atoms with Crippen molar-refractivity contribution >= 4 is 5.69 Å². The lowest BCUT2D eigenvalue weighted by Crippen LogP contribution is -2.17. The van der Waals surface area contributed by atoms with E-state index in [2.05, 4.69) is 46.4 Å². The van der Waals surface area contributed by atoms with Crippen LogP contribution < -0.4 is 4.90 Å². The number of aliphatic hydroxyl groups excluding tert-OH is 1. The second kappa shape index (κ2) is 6.92. The Morgan fingerprint density at radius 1 is 1.09 bits per heavy atom. The van der Waals surface area contributed by atoms with Gasteiger partial charge in [0.2, 0.25) is 0 Å². The van der Waals surface area contributed by atoms with E-state index in [-0.39, 0.29) is 6.61 Å². The van der Waals surface area contributed by atoms with Gasteiger partial charge >= 0.3 is 0 Å². The van der Waals surface area contributed by atoms with Crippen LogP contribution >= 0.6 is 0 Å². The van der Waals surface area contributed by atoms with Gasteiger partial charge in [-0.15, -0.1) is 5.10 Å². The van der Waals surface area contributed by atoms with E-state index in [0.29, 0.717) is 5.69 Å². The molecule has 1 aromatic heterocycles. The quantitative estimate of drug-likeness (QED) is 0.891. The SMILES string of the molecule is CCCCc1c(CO)nnn1-c1ccc(N2CCCC2)cc1. The molecule has 1 aliphatic rings. The molecule has 118 valence electrons. The number of rotatable bonds is 6. The Morgan fingerprint density at radius 3 is 2.41 bits per heavy atom. The minimum atomic E-state index is -0.0507. The molecule has 5 nitrogen and oxygen atoms in total. The van der Waals surface area contributed by atoms with Crippen LogP contribution in [0.2, 0.25) is 0 Å². The molecule has 0 radical (unpaired) electrons. The summed E-state index contributed by atoms with van der Waals surface area (Å²) in [6, 6.07) is 8.51. The number of hydrogen-bond donors (Lipinski definition) is 1. The minimum Gasteiger partial charge on any atom is -0.390 e. The van der Waals surface area contributed by atoms with Gasteiger partial charge in [0.05, 0.1) is 18.0 Å². The lowest BCUT2D eigenvalue weighted by atomic mass is 10.1. The Bertz CT molecular complexity index is 600. The number of benzene rings is 1. The molecular formula is C17H24N4O. The molecule has 0 bridgehead atoms. The minimum absolute atomic E-state index is 0.0507. The van der Waals surface area contributed by atoms with Gasteiger partial charge in [0.15, 0.2) is 0 Å². The van der Waals surface area contributed by atoms with E-state index in [1.54, 1.807) is 0 Å². The third-order valence-corrected chi connectivity index (χ3v) is 4.33. The van der Waals surface area contributed by atoms with E-state index in [4.69, 9.17) is 0 Å². The number of aromatic nitrogens is 3.